The molecule has 0 aromatic heterocycles. The quantitative estimate of drug-likeness (QED) is 0.344. The molecule has 8 nitrogen and oxygen atoms in total. The minimum Gasteiger partial charge on any atom is -0.497 e. The summed E-state index contributed by atoms with van der Waals surface area (Å²) >= 11 is 0. The predicted octanol–water partition coefficient (Wildman–Crippen LogP) is 4.70. The van der Waals surface area contributed by atoms with E-state index in [4.69, 9.17) is 4.74 Å². The van der Waals surface area contributed by atoms with Gasteiger partial charge in [0, 0.05) is 19.2 Å². The summed E-state index contributed by atoms with van der Waals surface area (Å²) in [6, 6.07) is 19.9. The highest BCUT2D eigenvalue weighted by Crippen LogP contribution is 2.28. The Bertz CT molecular complexity index is 1420. The van der Waals surface area contributed by atoms with Gasteiger partial charge >= 0.3 is 0 Å². The molecule has 3 aromatic carbocycles. The number of nitrogens with zero attached hydrogens (tertiary/aromatic N) is 2. The molecule has 2 amide bonds. The maximum absolute atomic E-state index is 14.0. The van der Waals surface area contributed by atoms with Gasteiger partial charge in [-0.2, -0.15) is 0 Å². The smallest absolute Gasteiger partial charge is 0.264 e. The number of nitrogens with one attached hydrogen (secondary N) is 1. The summed E-state index contributed by atoms with van der Waals surface area (Å²) in [6.45, 7) is 9.57. The number of carbonyl (C=O) groups excluding carboxylic acids is 2. The third kappa shape index (κ3) is 7.85. The van der Waals surface area contributed by atoms with Gasteiger partial charge in [-0.15, -0.1) is 0 Å². The van der Waals surface area contributed by atoms with Crippen molar-refractivity contribution in [2.45, 2.75) is 52.1 Å². The second kappa shape index (κ2) is 13.5. The van der Waals surface area contributed by atoms with Crippen LogP contribution in [0.1, 0.15) is 37.5 Å². The molecule has 0 bridgehead atoms. The fraction of sp³-hybridized carbons (Fsp3) is 0.355. The predicted molar refractivity (Wildman–Crippen MR) is 158 cm³/mol. The fourth-order valence-electron chi connectivity index (χ4n) is 4.17. The second-order valence-electron chi connectivity index (χ2n) is 10.4. The molecule has 9 heteroatoms. The summed E-state index contributed by atoms with van der Waals surface area (Å²) in [5, 5.41) is 2.89. The normalized spacial score (nSPS) is 12.1. The Labute approximate surface area is 238 Å². The lowest BCUT2D eigenvalue weighted by Gasteiger charge is -2.32. The van der Waals surface area contributed by atoms with Crippen molar-refractivity contribution >= 4 is 27.5 Å². The molecule has 0 heterocycles. The topological polar surface area (TPSA) is 96.0 Å². The Morgan fingerprint density at radius 3 is 2.20 bits per heavy atom. The largest absolute Gasteiger partial charge is 0.497 e. The maximum Gasteiger partial charge on any atom is 0.264 e. The molecule has 1 N–H and O–H groups in total. The van der Waals surface area contributed by atoms with Crippen LogP contribution in [0.5, 0.6) is 5.75 Å². The highest BCUT2D eigenvalue weighted by Gasteiger charge is 2.32. The lowest BCUT2D eigenvalue weighted by molar-refractivity contribution is -0.139. The van der Waals surface area contributed by atoms with Gasteiger partial charge in [0.25, 0.3) is 10.0 Å². The number of hydrogen-bond donors (Lipinski definition) is 1. The number of carbonyl (C=O) groups is 2. The molecule has 3 rings (SSSR count). The average Bonchev–Trinajstić information content (AvgIpc) is 2.93. The van der Waals surface area contributed by atoms with Gasteiger partial charge in [0.1, 0.15) is 18.3 Å². The van der Waals surface area contributed by atoms with Gasteiger partial charge in [0.2, 0.25) is 11.8 Å². The summed E-state index contributed by atoms with van der Waals surface area (Å²) in [6.07, 6.45) is 0. The molecule has 0 radical (unpaired) electrons. The van der Waals surface area contributed by atoms with E-state index in [0.717, 1.165) is 21.0 Å². The number of anilines is 1. The van der Waals surface area contributed by atoms with E-state index in [0.29, 0.717) is 12.3 Å². The second-order valence-corrected chi connectivity index (χ2v) is 12.2. The van der Waals surface area contributed by atoms with Crippen LogP contribution in [0.15, 0.2) is 77.7 Å². The maximum atomic E-state index is 14.0. The molecule has 3 aromatic rings. The number of aryl methyl sites for hydroxylation is 2. The Hall–Kier alpha value is -3.85. The van der Waals surface area contributed by atoms with E-state index in [2.05, 4.69) is 5.32 Å². The van der Waals surface area contributed by atoms with Crippen LogP contribution in [0.3, 0.4) is 0 Å². The van der Waals surface area contributed by atoms with E-state index in [1.165, 1.54) is 24.1 Å². The van der Waals surface area contributed by atoms with Gasteiger partial charge in [0.15, 0.2) is 0 Å². The first kappa shape index (κ1) is 30.7. The SMILES string of the molecule is COc1cccc(N(CC(=O)N(Cc2cccc(C)c2)[C@H](C)C(=O)NCC(C)C)S(=O)(=O)c2ccc(C)cc2)c1. The third-order valence-electron chi connectivity index (χ3n) is 6.52. The molecule has 40 heavy (non-hydrogen) atoms. The molecule has 1 atom stereocenters. The minimum absolute atomic E-state index is 0.0571. The lowest BCUT2D eigenvalue weighted by atomic mass is 10.1. The zero-order valence-electron chi connectivity index (χ0n) is 24.0. The first-order valence-electron chi connectivity index (χ1n) is 13.3. The van der Waals surface area contributed by atoms with E-state index in [1.54, 1.807) is 43.3 Å². The number of rotatable bonds is 12. The van der Waals surface area contributed by atoms with Crippen LogP contribution in [0.25, 0.3) is 0 Å². The van der Waals surface area contributed by atoms with Crippen LogP contribution < -0.4 is 14.4 Å². The Kier molecular flexibility index (Phi) is 10.3. The van der Waals surface area contributed by atoms with Gasteiger partial charge < -0.3 is 15.0 Å². The number of sulfonamides is 1. The van der Waals surface area contributed by atoms with Crippen molar-refractivity contribution in [3.05, 3.63) is 89.5 Å². The van der Waals surface area contributed by atoms with E-state index < -0.39 is 28.5 Å². The standard InChI is InChI=1S/C31H39N3O5S/c1-22(2)19-32-31(36)25(5)33(20-26-10-7-9-24(4)17-26)30(35)21-34(27-11-8-12-28(18-27)39-6)40(37,38)29-15-13-23(3)14-16-29/h7-18,22,25H,19-21H2,1-6H3,(H,32,36)/t25-/m1/s1. The number of methoxy groups -OCH3 is 1. The molecule has 0 fully saturated rings. The molecule has 0 aliphatic carbocycles. The van der Waals surface area contributed by atoms with Crippen molar-refractivity contribution in [1.29, 1.82) is 0 Å². The first-order valence-corrected chi connectivity index (χ1v) is 14.7. The number of benzene rings is 3. The summed E-state index contributed by atoms with van der Waals surface area (Å²) < 4.78 is 34.2. The average molecular weight is 566 g/mol. The van der Waals surface area contributed by atoms with Gasteiger partial charge in [-0.05, 0) is 56.5 Å². The number of ether oxygens (including phenoxy) is 1. The molecule has 0 saturated carbocycles. The van der Waals surface area contributed by atoms with Gasteiger partial charge in [-0.25, -0.2) is 8.42 Å². The molecule has 0 saturated heterocycles. The Balaban J connectivity index is 2.03. The van der Waals surface area contributed by atoms with E-state index in [1.807, 2.05) is 52.0 Å². The molecular formula is C31H39N3O5S. The molecule has 214 valence electrons. The van der Waals surface area contributed by atoms with Crippen LogP contribution in [-0.2, 0) is 26.2 Å². The van der Waals surface area contributed by atoms with Crippen LogP contribution in [0, 0.1) is 19.8 Å². The van der Waals surface area contributed by atoms with Crippen molar-refractivity contribution < 1.29 is 22.7 Å². The number of amides is 2. The molecule has 0 aliphatic heterocycles. The van der Waals surface area contributed by atoms with Crippen molar-refractivity contribution in [3.63, 3.8) is 0 Å². The zero-order valence-corrected chi connectivity index (χ0v) is 24.9. The van der Waals surface area contributed by atoms with Gasteiger partial charge in [0.05, 0.1) is 17.7 Å². The number of hydrogen-bond acceptors (Lipinski definition) is 5. The zero-order chi connectivity index (χ0) is 29.4. The summed E-state index contributed by atoms with van der Waals surface area (Å²) in [4.78, 5) is 28.6. The molecule has 0 aliphatic rings. The van der Waals surface area contributed by atoms with Crippen LogP contribution in [-0.4, -0.2) is 51.4 Å². The van der Waals surface area contributed by atoms with Crippen LogP contribution in [0.2, 0.25) is 0 Å². The van der Waals surface area contributed by atoms with Crippen LogP contribution in [0.4, 0.5) is 5.69 Å². The molecule has 0 unspecified atom stereocenters. The lowest BCUT2D eigenvalue weighted by Crippen LogP contribution is -2.51. The van der Waals surface area contributed by atoms with E-state index in [-0.39, 0.29) is 29.0 Å². The highest BCUT2D eigenvalue weighted by molar-refractivity contribution is 7.92. The van der Waals surface area contributed by atoms with Crippen LogP contribution >= 0.6 is 0 Å². The fourth-order valence-corrected chi connectivity index (χ4v) is 5.58. The first-order chi connectivity index (χ1) is 18.9. The Morgan fingerprint density at radius 2 is 1.57 bits per heavy atom. The summed E-state index contributed by atoms with van der Waals surface area (Å²) in [5.41, 5.74) is 3.04. The summed E-state index contributed by atoms with van der Waals surface area (Å²) in [5.74, 6) is -0.122. The van der Waals surface area contributed by atoms with Crippen molar-refractivity contribution in [3.8, 4) is 5.75 Å². The molecule has 0 spiro atoms. The van der Waals surface area contributed by atoms with Gasteiger partial charge in [-0.3, -0.25) is 13.9 Å². The van der Waals surface area contributed by atoms with Gasteiger partial charge in [-0.1, -0.05) is 67.4 Å². The Morgan fingerprint density at radius 1 is 0.900 bits per heavy atom. The minimum atomic E-state index is -4.14. The molecular weight excluding hydrogens is 526 g/mol. The van der Waals surface area contributed by atoms with Crippen molar-refractivity contribution in [2.24, 2.45) is 5.92 Å². The van der Waals surface area contributed by atoms with Crippen molar-refractivity contribution in [1.82, 2.24) is 10.2 Å². The highest BCUT2D eigenvalue weighted by atomic mass is 32.2. The monoisotopic (exact) mass is 565 g/mol. The summed E-state index contributed by atoms with van der Waals surface area (Å²) in [7, 11) is -2.65. The third-order valence-corrected chi connectivity index (χ3v) is 8.30. The van der Waals surface area contributed by atoms with E-state index in [9.17, 15) is 18.0 Å². The van der Waals surface area contributed by atoms with E-state index >= 15 is 0 Å². The van der Waals surface area contributed by atoms with Crippen molar-refractivity contribution in [2.75, 3.05) is 24.5 Å².